The van der Waals surface area contributed by atoms with E-state index in [0.29, 0.717) is 5.75 Å². The Morgan fingerprint density at radius 1 is 1.31 bits per heavy atom. The lowest BCUT2D eigenvalue weighted by Crippen LogP contribution is -2.12. The van der Waals surface area contributed by atoms with Gasteiger partial charge in [-0.2, -0.15) is 0 Å². The van der Waals surface area contributed by atoms with E-state index in [9.17, 15) is 13.0 Å². The molecule has 0 fully saturated rings. The number of benzene rings is 1. The normalized spacial score (nSPS) is 10.3. The van der Waals surface area contributed by atoms with E-state index in [1.54, 1.807) is 30.3 Å². The Hall–Kier alpha value is -1.37. The van der Waals surface area contributed by atoms with E-state index < -0.39 is 15.9 Å². The van der Waals surface area contributed by atoms with Crippen LogP contribution in [0.4, 0.5) is 0 Å². The minimum Gasteiger partial charge on any atom is -0.748 e. The maximum absolute atomic E-state index is 10.3. The van der Waals surface area contributed by atoms with Gasteiger partial charge in [-0.25, -0.2) is 8.42 Å². The summed E-state index contributed by atoms with van der Waals surface area (Å²) in [5.74, 6) is 0.0141. The molecule has 4 N–H and O–H groups in total. The SMILES string of the molecule is C=Cc1ccc(OCCS(=O)(=O)[O-])cc1.[NH4+]. The lowest BCUT2D eigenvalue weighted by atomic mass is 10.2. The van der Waals surface area contributed by atoms with Gasteiger partial charge in [0.1, 0.15) is 12.4 Å². The van der Waals surface area contributed by atoms with Gasteiger partial charge in [0.2, 0.25) is 0 Å². The maximum atomic E-state index is 10.3. The van der Waals surface area contributed by atoms with Crippen LogP contribution in [0.15, 0.2) is 30.8 Å². The van der Waals surface area contributed by atoms with E-state index in [2.05, 4.69) is 6.58 Å². The number of quaternary nitrogens is 1. The molecule has 1 rings (SSSR count). The second-order valence-electron chi connectivity index (χ2n) is 2.88. The van der Waals surface area contributed by atoms with Gasteiger partial charge in [-0.05, 0) is 17.7 Å². The van der Waals surface area contributed by atoms with Crippen molar-refractivity contribution in [1.29, 1.82) is 0 Å². The summed E-state index contributed by atoms with van der Waals surface area (Å²) in [5, 5.41) is 0. The summed E-state index contributed by atoms with van der Waals surface area (Å²) in [5.41, 5.74) is 0.943. The van der Waals surface area contributed by atoms with E-state index >= 15 is 0 Å². The fourth-order valence-corrected chi connectivity index (χ4v) is 1.25. The Balaban J connectivity index is 0.00000225. The predicted octanol–water partition coefficient (Wildman–Crippen LogP) is 1.63. The molecule has 0 aliphatic heterocycles. The fourth-order valence-electron chi connectivity index (χ4n) is 0.962. The van der Waals surface area contributed by atoms with Crippen LogP contribution in [-0.2, 0) is 10.1 Å². The van der Waals surface area contributed by atoms with Crippen molar-refractivity contribution in [3.05, 3.63) is 36.4 Å². The monoisotopic (exact) mass is 245 g/mol. The van der Waals surface area contributed by atoms with E-state index in [0.717, 1.165) is 5.56 Å². The van der Waals surface area contributed by atoms with Crippen LogP contribution in [0, 0.1) is 0 Å². The van der Waals surface area contributed by atoms with Gasteiger partial charge in [-0.3, -0.25) is 0 Å². The molecule has 0 saturated carbocycles. The van der Waals surface area contributed by atoms with Crippen molar-refractivity contribution < 1.29 is 17.7 Å². The van der Waals surface area contributed by atoms with Crippen molar-refractivity contribution in [2.75, 3.05) is 12.4 Å². The quantitative estimate of drug-likeness (QED) is 0.796. The van der Waals surface area contributed by atoms with E-state index in [1.807, 2.05) is 0 Å². The maximum Gasteiger partial charge on any atom is 0.119 e. The molecule has 0 heterocycles. The van der Waals surface area contributed by atoms with Crippen LogP contribution in [0.25, 0.3) is 6.08 Å². The highest BCUT2D eigenvalue weighted by Gasteiger charge is 1.97. The molecule has 0 aliphatic carbocycles. The standard InChI is InChI=1S/C10H12O4S.H3N/c1-2-9-3-5-10(6-4-9)14-7-8-15(11,12)13;/h2-6H,1,7-8H2,(H,11,12,13);1H3. The first-order valence-electron chi connectivity index (χ1n) is 4.30. The summed E-state index contributed by atoms with van der Waals surface area (Å²) in [6.45, 7) is 3.47. The molecule has 0 radical (unpaired) electrons. The van der Waals surface area contributed by atoms with Crippen molar-refractivity contribution in [1.82, 2.24) is 6.15 Å². The zero-order valence-corrected chi connectivity index (χ0v) is 9.87. The highest BCUT2D eigenvalue weighted by molar-refractivity contribution is 7.85. The van der Waals surface area contributed by atoms with Gasteiger partial charge in [0.15, 0.2) is 0 Å². The molecule has 1 aromatic rings. The molecule has 1 aromatic carbocycles. The molecule has 0 saturated heterocycles. The Bertz CT molecular complexity index is 425. The van der Waals surface area contributed by atoms with Gasteiger partial charge in [0.25, 0.3) is 0 Å². The van der Waals surface area contributed by atoms with Crippen molar-refractivity contribution >= 4 is 16.2 Å². The second kappa shape index (κ2) is 6.26. The molecule has 6 heteroatoms. The fraction of sp³-hybridized carbons (Fsp3) is 0.200. The average molecular weight is 245 g/mol. The van der Waals surface area contributed by atoms with Crippen LogP contribution in [-0.4, -0.2) is 25.3 Å². The van der Waals surface area contributed by atoms with Crippen LogP contribution in [0.5, 0.6) is 5.75 Å². The van der Waals surface area contributed by atoms with Gasteiger partial charge in [-0.1, -0.05) is 24.8 Å². The first kappa shape index (κ1) is 14.6. The third-order valence-corrected chi connectivity index (χ3v) is 2.38. The molecular formula is C10H15NO4S. The van der Waals surface area contributed by atoms with Gasteiger partial charge in [0.05, 0.1) is 15.9 Å². The molecule has 90 valence electrons. The molecular weight excluding hydrogens is 230 g/mol. The first-order valence-corrected chi connectivity index (χ1v) is 5.88. The molecule has 5 nitrogen and oxygen atoms in total. The predicted molar refractivity (Wildman–Crippen MR) is 62.6 cm³/mol. The van der Waals surface area contributed by atoms with Crippen molar-refractivity contribution in [2.45, 2.75) is 0 Å². The van der Waals surface area contributed by atoms with Crippen LogP contribution in [0.1, 0.15) is 5.56 Å². The van der Waals surface area contributed by atoms with Crippen molar-refractivity contribution in [3.8, 4) is 5.75 Å². The largest absolute Gasteiger partial charge is 0.748 e. The summed E-state index contributed by atoms with van der Waals surface area (Å²) in [6, 6.07) is 6.95. The molecule has 0 unspecified atom stereocenters. The lowest BCUT2D eigenvalue weighted by Gasteiger charge is -2.08. The lowest BCUT2D eigenvalue weighted by molar-refractivity contribution is 0.334. The third-order valence-electron chi connectivity index (χ3n) is 1.72. The van der Waals surface area contributed by atoms with Crippen molar-refractivity contribution in [2.24, 2.45) is 0 Å². The zero-order valence-electron chi connectivity index (χ0n) is 9.05. The second-order valence-corrected chi connectivity index (χ2v) is 4.41. The highest BCUT2D eigenvalue weighted by atomic mass is 32.2. The van der Waals surface area contributed by atoms with E-state index in [1.165, 1.54) is 0 Å². The topological polar surface area (TPSA) is 103 Å². The average Bonchev–Trinajstić information content (AvgIpc) is 2.17. The molecule has 16 heavy (non-hydrogen) atoms. The summed E-state index contributed by atoms with van der Waals surface area (Å²) >= 11 is 0. The minimum atomic E-state index is -4.20. The van der Waals surface area contributed by atoms with E-state index in [-0.39, 0.29) is 12.8 Å². The number of rotatable bonds is 5. The molecule has 0 aliphatic rings. The molecule has 0 bridgehead atoms. The third kappa shape index (κ3) is 5.50. The number of hydrogen-bond acceptors (Lipinski definition) is 4. The van der Waals surface area contributed by atoms with Crippen molar-refractivity contribution in [3.63, 3.8) is 0 Å². The highest BCUT2D eigenvalue weighted by Crippen LogP contribution is 2.12. The summed E-state index contributed by atoms with van der Waals surface area (Å²) in [4.78, 5) is 0. The first-order chi connectivity index (χ1) is 7.01. The molecule has 0 aromatic heterocycles. The van der Waals surface area contributed by atoms with Gasteiger partial charge >= 0.3 is 0 Å². The molecule has 0 amide bonds. The van der Waals surface area contributed by atoms with Crippen LogP contribution < -0.4 is 10.9 Å². The van der Waals surface area contributed by atoms with Gasteiger partial charge in [-0.15, -0.1) is 0 Å². The zero-order chi connectivity index (χ0) is 11.3. The summed E-state index contributed by atoms with van der Waals surface area (Å²) in [6.07, 6.45) is 1.69. The smallest absolute Gasteiger partial charge is 0.119 e. The van der Waals surface area contributed by atoms with Gasteiger partial charge < -0.3 is 15.4 Å². The summed E-state index contributed by atoms with van der Waals surface area (Å²) in [7, 11) is -4.20. The summed E-state index contributed by atoms with van der Waals surface area (Å²) < 4.78 is 35.9. The van der Waals surface area contributed by atoms with Crippen LogP contribution in [0.2, 0.25) is 0 Å². The molecule has 0 spiro atoms. The number of ether oxygens (including phenoxy) is 1. The Morgan fingerprint density at radius 2 is 1.88 bits per heavy atom. The van der Waals surface area contributed by atoms with Crippen LogP contribution in [0.3, 0.4) is 0 Å². The Morgan fingerprint density at radius 3 is 2.31 bits per heavy atom. The van der Waals surface area contributed by atoms with Crippen LogP contribution >= 0.6 is 0 Å². The minimum absolute atomic E-state index is 0. The molecule has 0 atom stereocenters. The van der Waals surface area contributed by atoms with Gasteiger partial charge in [0, 0.05) is 0 Å². The number of hydrogen-bond donors (Lipinski definition) is 1. The van der Waals surface area contributed by atoms with E-state index in [4.69, 9.17) is 4.74 Å². The Kier molecular flexibility index (Phi) is 5.73. The Labute approximate surface area is 95.1 Å².